The molecule has 0 aromatic carbocycles. The molecular weight excluding hydrogens is 146 g/mol. The predicted molar refractivity (Wildman–Crippen MR) is 39.0 cm³/mol. The number of aromatic nitrogens is 1. The molecular formula is C7H9NO3. The first-order valence-electron chi connectivity index (χ1n) is 2.86. The van der Waals surface area contributed by atoms with Crippen LogP contribution >= 0.6 is 0 Å². The van der Waals surface area contributed by atoms with Crippen molar-refractivity contribution in [2.24, 2.45) is 0 Å². The van der Waals surface area contributed by atoms with Crippen molar-refractivity contribution in [3.63, 3.8) is 0 Å². The van der Waals surface area contributed by atoms with Crippen LogP contribution in [-0.2, 0) is 9.53 Å². The topological polar surface area (TPSA) is 59.4 Å². The highest BCUT2D eigenvalue weighted by Gasteiger charge is 1.76. The predicted octanol–water partition coefficient (Wildman–Crippen LogP) is 0.576. The minimum atomic E-state index is 0.211. The van der Waals surface area contributed by atoms with Gasteiger partial charge < -0.3 is 9.84 Å². The van der Waals surface area contributed by atoms with Crippen molar-refractivity contribution in [1.29, 1.82) is 0 Å². The van der Waals surface area contributed by atoms with Gasteiger partial charge in [-0.1, -0.05) is 0 Å². The van der Waals surface area contributed by atoms with Crippen LogP contribution in [-0.4, -0.2) is 23.7 Å². The zero-order valence-electron chi connectivity index (χ0n) is 6.10. The fourth-order valence-electron chi connectivity index (χ4n) is 0.354. The number of aromatic hydroxyl groups is 1. The van der Waals surface area contributed by atoms with Crippen LogP contribution in [0.1, 0.15) is 0 Å². The van der Waals surface area contributed by atoms with Gasteiger partial charge in [0.25, 0.3) is 6.47 Å². The molecule has 1 aromatic rings. The molecule has 60 valence electrons. The first-order chi connectivity index (χ1) is 5.31. The largest absolute Gasteiger partial charge is 0.506 e. The van der Waals surface area contributed by atoms with Crippen molar-refractivity contribution in [3.05, 3.63) is 24.5 Å². The van der Waals surface area contributed by atoms with Crippen LogP contribution in [0.25, 0.3) is 0 Å². The highest BCUT2D eigenvalue weighted by molar-refractivity contribution is 5.36. The lowest BCUT2D eigenvalue weighted by Gasteiger charge is -1.81. The number of hydrogen-bond acceptors (Lipinski definition) is 4. The zero-order chi connectivity index (χ0) is 8.53. The summed E-state index contributed by atoms with van der Waals surface area (Å²) in [5, 5.41) is 8.57. The number of nitrogens with zero attached hydrogens (tertiary/aromatic N) is 1. The standard InChI is InChI=1S/C5H5NO.C2H4O2/c7-5-2-1-3-6-4-5;1-4-2-3/h1-4,7H;2H,1H3. The summed E-state index contributed by atoms with van der Waals surface area (Å²) < 4.78 is 3.86. The molecule has 0 saturated heterocycles. The fraction of sp³-hybridized carbons (Fsp3) is 0.143. The van der Waals surface area contributed by atoms with Gasteiger partial charge in [-0.15, -0.1) is 0 Å². The van der Waals surface area contributed by atoms with Crippen molar-refractivity contribution in [2.45, 2.75) is 0 Å². The number of rotatable bonds is 1. The Morgan fingerprint density at radius 2 is 2.36 bits per heavy atom. The SMILES string of the molecule is COC=O.Oc1cccnc1. The smallest absolute Gasteiger partial charge is 0.292 e. The molecule has 0 aliphatic rings. The minimum absolute atomic E-state index is 0.211. The van der Waals surface area contributed by atoms with Crippen LogP contribution in [0, 0.1) is 0 Å². The highest BCUT2D eigenvalue weighted by atomic mass is 16.5. The minimum Gasteiger partial charge on any atom is -0.506 e. The number of hydrogen-bond donors (Lipinski definition) is 1. The summed E-state index contributed by atoms with van der Waals surface area (Å²) >= 11 is 0. The number of ether oxygens (including phenoxy) is 1. The van der Waals surface area contributed by atoms with Crippen LogP contribution in [0.4, 0.5) is 0 Å². The molecule has 1 heterocycles. The van der Waals surface area contributed by atoms with E-state index >= 15 is 0 Å². The molecule has 0 bridgehead atoms. The van der Waals surface area contributed by atoms with Crippen molar-refractivity contribution < 1.29 is 14.6 Å². The molecule has 0 aliphatic heterocycles. The van der Waals surface area contributed by atoms with Crippen LogP contribution in [0.3, 0.4) is 0 Å². The number of pyridine rings is 1. The van der Waals surface area contributed by atoms with Gasteiger partial charge in [0, 0.05) is 6.20 Å². The summed E-state index contributed by atoms with van der Waals surface area (Å²) in [5.41, 5.74) is 0. The molecule has 0 fully saturated rings. The van der Waals surface area contributed by atoms with Gasteiger partial charge in [0.15, 0.2) is 0 Å². The molecule has 0 unspecified atom stereocenters. The molecule has 4 nitrogen and oxygen atoms in total. The second-order valence-electron chi connectivity index (χ2n) is 1.54. The zero-order valence-corrected chi connectivity index (χ0v) is 6.10. The van der Waals surface area contributed by atoms with E-state index in [0.717, 1.165) is 0 Å². The average molecular weight is 155 g/mol. The maximum atomic E-state index is 8.95. The average Bonchev–Trinajstić information content (AvgIpc) is 2.07. The molecule has 0 spiro atoms. The first kappa shape index (κ1) is 9.42. The van der Waals surface area contributed by atoms with Gasteiger partial charge in [-0.3, -0.25) is 9.78 Å². The normalized spacial score (nSPS) is 7.36. The van der Waals surface area contributed by atoms with E-state index in [2.05, 4.69) is 9.72 Å². The van der Waals surface area contributed by atoms with Crippen LogP contribution in [0.5, 0.6) is 5.75 Å². The third-order valence-electron chi connectivity index (χ3n) is 0.742. The fourth-order valence-corrected chi connectivity index (χ4v) is 0.354. The lowest BCUT2D eigenvalue weighted by molar-refractivity contribution is -0.126. The molecule has 0 amide bonds. The van der Waals surface area contributed by atoms with Crippen LogP contribution in [0.15, 0.2) is 24.5 Å². The van der Waals surface area contributed by atoms with E-state index in [1.165, 1.54) is 13.3 Å². The van der Waals surface area contributed by atoms with Crippen molar-refractivity contribution in [2.75, 3.05) is 7.11 Å². The van der Waals surface area contributed by atoms with E-state index in [1.54, 1.807) is 18.3 Å². The summed E-state index contributed by atoms with van der Waals surface area (Å²) in [6, 6.07) is 3.25. The Bertz CT molecular complexity index is 188. The van der Waals surface area contributed by atoms with E-state index in [1.807, 2.05) is 0 Å². The van der Waals surface area contributed by atoms with Gasteiger partial charge >= 0.3 is 0 Å². The van der Waals surface area contributed by atoms with Crippen LogP contribution in [0.2, 0.25) is 0 Å². The van der Waals surface area contributed by atoms with Gasteiger partial charge in [-0.05, 0) is 12.1 Å². The lowest BCUT2D eigenvalue weighted by Crippen LogP contribution is -1.68. The van der Waals surface area contributed by atoms with E-state index in [4.69, 9.17) is 9.90 Å². The quantitative estimate of drug-likeness (QED) is 0.602. The Balaban J connectivity index is 0.000000218. The summed E-state index contributed by atoms with van der Waals surface area (Å²) in [6.07, 6.45) is 3.00. The Morgan fingerprint density at radius 3 is 2.55 bits per heavy atom. The van der Waals surface area contributed by atoms with E-state index < -0.39 is 0 Å². The van der Waals surface area contributed by atoms with Crippen molar-refractivity contribution in [1.82, 2.24) is 4.98 Å². The van der Waals surface area contributed by atoms with E-state index in [0.29, 0.717) is 6.47 Å². The summed E-state index contributed by atoms with van der Waals surface area (Å²) in [5.74, 6) is 0.211. The molecule has 4 heteroatoms. The second kappa shape index (κ2) is 6.54. The van der Waals surface area contributed by atoms with Gasteiger partial charge in [-0.25, -0.2) is 0 Å². The Morgan fingerprint density at radius 1 is 1.73 bits per heavy atom. The molecule has 1 rings (SSSR count). The molecule has 0 radical (unpaired) electrons. The molecule has 0 atom stereocenters. The molecule has 11 heavy (non-hydrogen) atoms. The Labute approximate surface area is 64.5 Å². The Hall–Kier alpha value is -1.58. The number of carbonyl (C=O) groups is 1. The van der Waals surface area contributed by atoms with Crippen molar-refractivity contribution in [3.8, 4) is 5.75 Å². The number of carbonyl (C=O) groups excluding carboxylic acids is 1. The third kappa shape index (κ3) is 6.30. The highest BCUT2D eigenvalue weighted by Crippen LogP contribution is 1.99. The van der Waals surface area contributed by atoms with Gasteiger partial charge in [-0.2, -0.15) is 0 Å². The van der Waals surface area contributed by atoms with E-state index in [9.17, 15) is 0 Å². The lowest BCUT2D eigenvalue weighted by atomic mass is 10.5. The van der Waals surface area contributed by atoms with Gasteiger partial charge in [0.05, 0.1) is 13.3 Å². The Kier molecular flexibility index (Phi) is 5.60. The maximum Gasteiger partial charge on any atom is 0.292 e. The van der Waals surface area contributed by atoms with Gasteiger partial charge in [0.1, 0.15) is 5.75 Å². The first-order valence-corrected chi connectivity index (χ1v) is 2.86. The molecule has 1 N–H and O–H groups in total. The van der Waals surface area contributed by atoms with E-state index in [-0.39, 0.29) is 5.75 Å². The monoisotopic (exact) mass is 155 g/mol. The summed E-state index contributed by atoms with van der Waals surface area (Å²) in [7, 11) is 1.31. The van der Waals surface area contributed by atoms with Gasteiger partial charge in [0.2, 0.25) is 0 Å². The number of methoxy groups -OCH3 is 1. The molecule has 0 aliphatic carbocycles. The summed E-state index contributed by atoms with van der Waals surface area (Å²) in [4.78, 5) is 12.6. The third-order valence-corrected chi connectivity index (χ3v) is 0.742. The molecule has 1 aromatic heterocycles. The molecule has 0 saturated carbocycles. The van der Waals surface area contributed by atoms with Crippen LogP contribution < -0.4 is 0 Å². The summed E-state index contributed by atoms with van der Waals surface area (Å²) in [6.45, 7) is 0.375. The van der Waals surface area contributed by atoms with Crippen molar-refractivity contribution >= 4 is 6.47 Å². The second-order valence-corrected chi connectivity index (χ2v) is 1.54. The maximum absolute atomic E-state index is 8.95.